The lowest BCUT2D eigenvalue weighted by atomic mass is 10.1. The van der Waals surface area contributed by atoms with E-state index in [9.17, 15) is 18.0 Å². The van der Waals surface area contributed by atoms with Crippen molar-refractivity contribution in [1.82, 2.24) is 10.2 Å². The molecular formula is C23H28Cl2IN3O4S. The third-order valence-electron chi connectivity index (χ3n) is 5.00. The molecule has 11 heteroatoms. The normalized spacial score (nSPS) is 12.4. The highest BCUT2D eigenvalue weighted by Crippen LogP contribution is 2.28. The van der Waals surface area contributed by atoms with E-state index in [0.717, 1.165) is 14.1 Å². The Kier molecular flexibility index (Phi) is 10.5. The number of carbonyl (C=O) groups is 2. The van der Waals surface area contributed by atoms with E-state index in [1.807, 2.05) is 13.8 Å². The van der Waals surface area contributed by atoms with E-state index in [1.165, 1.54) is 4.90 Å². The Balaban J connectivity index is 2.49. The van der Waals surface area contributed by atoms with Crippen LogP contribution < -0.4 is 9.62 Å². The predicted molar refractivity (Wildman–Crippen MR) is 146 cm³/mol. The van der Waals surface area contributed by atoms with Gasteiger partial charge in [-0.25, -0.2) is 8.42 Å². The summed E-state index contributed by atoms with van der Waals surface area (Å²) in [6.07, 6.45) is 1.35. The molecule has 34 heavy (non-hydrogen) atoms. The molecule has 2 rings (SSSR count). The first-order valence-corrected chi connectivity index (χ1v) is 14.3. The van der Waals surface area contributed by atoms with Gasteiger partial charge in [-0.1, -0.05) is 36.2 Å². The predicted octanol–water partition coefficient (Wildman–Crippen LogP) is 4.70. The van der Waals surface area contributed by atoms with Crippen LogP contribution in [0.3, 0.4) is 0 Å². The summed E-state index contributed by atoms with van der Waals surface area (Å²) in [4.78, 5) is 27.9. The molecule has 0 aliphatic heterocycles. The van der Waals surface area contributed by atoms with E-state index in [4.69, 9.17) is 23.2 Å². The van der Waals surface area contributed by atoms with Gasteiger partial charge in [-0.2, -0.15) is 0 Å². The number of carbonyl (C=O) groups excluding carboxylic acids is 2. The molecule has 2 aromatic rings. The summed E-state index contributed by atoms with van der Waals surface area (Å²) < 4.78 is 27.1. The molecule has 0 radical (unpaired) electrons. The summed E-state index contributed by atoms with van der Waals surface area (Å²) in [5.41, 5.74) is 0.835. The van der Waals surface area contributed by atoms with Crippen LogP contribution in [0, 0.1) is 3.57 Å². The molecule has 0 heterocycles. The minimum atomic E-state index is -3.79. The van der Waals surface area contributed by atoms with Crippen LogP contribution in [-0.2, 0) is 26.2 Å². The summed E-state index contributed by atoms with van der Waals surface area (Å²) in [5, 5.41) is 3.53. The fraction of sp³-hybridized carbons (Fsp3) is 0.391. The molecule has 7 nitrogen and oxygen atoms in total. The van der Waals surface area contributed by atoms with Crippen molar-refractivity contribution in [3.8, 4) is 0 Å². The Morgan fingerprint density at radius 3 is 2.09 bits per heavy atom. The fourth-order valence-corrected chi connectivity index (χ4v) is 5.10. The Bertz CT molecular complexity index is 1110. The molecule has 1 unspecified atom stereocenters. The zero-order valence-corrected chi connectivity index (χ0v) is 23.9. The third kappa shape index (κ3) is 7.73. The van der Waals surface area contributed by atoms with Gasteiger partial charge in [0.1, 0.15) is 12.6 Å². The standard InChI is InChI=1S/C23H28Cl2IN3O4S/c1-5-21(23(31)27-15(2)3)28(13-18-19(24)7-6-8-20(18)25)22(30)14-29(34(4,32)33)17-11-9-16(26)10-12-17/h6-12,15,21H,5,13-14H2,1-4H3,(H,27,31). The molecule has 0 spiro atoms. The molecule has 1 N–H and O–H groups in total. The summed E-state index contributed by atoms with van der Waals surface area (Å²) in [6.45, 7) is 4.90. The summed E-state index contributed by atoms with van der Waals surface area (Å²) in [6, 6.07) is 10.8. The molecule has 0 aliphatic carbocycles. The molecule has 186 valence electrons. The molecule has 0 aliphatic rings. The summed E-state index contributed by atoms with van der Waals surface area (Å²) in [5.74, 6) is -0.889. The van der Waals surface area contributed by atoms with Crippen LogP contribution in [0.25, 0.3) is 0 Å². The minimum Gasteiger partial charge on any atom is -0.352 e. The Hall–Kier alpha value is -1.56. The number of nitrogens with one attached hydrogen (secondary N) is 1. The number of amides is 2. The number of hydrogen-bond donors (Lipinski definition) is 1. The molecule has 0 saturated heterocycles. The molecule has 2 aromatic carbocycles. The van der Waals surface area contributed by atoms with Crippen molar-refractivity contribution in [2.24, 2.45) is 0 Å². The highest BCUT2D eigenvalue weighted by atomic mass is 127. The SMILES string of the molecule is CCC(C(=O)NC(C)C)N(Cc1c(Cl)cccc1Cl)C(=O)CN(c1ccc(I)cc1)S(C)(=O)=O. The van der Waals surface area contributed by atoms with Crippen molar-refractivity contribution in [2.75, 3.05) is 17.1 Å². The number of benzene rings is 2. The maximum atomic E-state index is 13.6. The highest BCUT2D eigenvalue weighted by Gasteiger charge is 2.32. The van der Waals surface area contributed by atoms with Gasteiger partial charge in [-0.15, -0.1) is 0 Å². The van der Waals surface area contributed by atoms with Crippen LogP contribution in [0.4, 0.5) is 5.69 Å². The Morgan fingerprint density at radius 2 is 1.62 bits per heavy atom. The lowest BCUT2D eigenvalue weighted by molar-refractivity contribution is -0.140. The van der Waals surface area contributed by atoms with Gasteiger partial charge in [0, 0.05) is 31.8 Å². The summed E-state index contributed by atoms with van der Waals surface area (Å²) >= 11 is 14.8. The maximum absolute atomic E-state index is 13.6. The number of halogens is 3. The van der Waals surface area contributed by atoms with Crippen molar-refractivity contribution < 1.29 is 18.0 Å². The molecule has 1 atom stereocenters. The minimum absolute atomic E-state index is 0.0499. The molecular weight excluding hydrogens is 612 g/mol. The van der Waals surface area contributed by atoms with Gasteiger partial charge >= 0.3 is 0 Å². The second kappa shape index (κ2) is 12.4. The van der Waals surface area contributed by atoms with Gasteiger partial charge in [0.25, 0.3) is 0 Å². The molecule has 2 amide bonds. The van der Waals surface area contributed by atoms with Crippen LogP contribution in [0.5, 0.6) is 0 Å². The van der Waals surface area contributed by atoms with Gasteiger partial charge in [0.2, 0.25) is 21.8 Å². The van der Waals surface area contributed by atoms with Crippen LogP contribution in [0.15, 0.2) is 42.5 Å². The first kappa shape index (κ1) is 28.7. The fourth-order valence-electron chi connectivity index (χ4n) is 3.37. The van der Waals surface area contributed by atoms with Crippen LogP contribution >= 0.6 is 45.8 Å². The average Bonchev–Trinajstić information content (AvgIpc) is 2.73. The van der Waals surface area contributed by atoms with E-state index < -0.39 is 28.5 Å². The van der Waals surface area contributed by atoms with Gasteiger partial charge in [-0.05, 0) is 79.3 Å². The Morgan fingerprint density at radius 1 is 1.06 bits per heavy atom. The smallest absolute Gasteiger partial charge is 0.244 e. The number of hydrogen-bond acceptors (Lipinski definition) is 4. The van der Waals surface area contributed by atoms with Gasteiger partial charge < -0.3 is 10.2 Å². The van der Waals surface area contributed by atoms with Crippen LogP contribution in [0.1, 0.15) is 32.8 Å². The monoisotopic (exact) mass is 639 g/mol. The summed E-state index contributed by atoms with van der Waals surface area (Å²) in [7, 11) is -3.79. The maximum Gasteiger partial charge on any atom is 0.244 e. The van der Waals surface area contributed by atoms with Gasteiger partial charge in [0.05, 0.1) is 11.9 Å². The number of nitrogens with zero attached hydrogens (tertiary/aromatic N) is 2. The molecule has 0 aromatic heterocycles. The first-order valence-electron chi connectivity index (χ1n) is 10.6. The number of sulfonamides is 1. The largest absolute Gasteiger partial charge is 0.352 e. The van der Waals surface area contributed by atoms with Crippen LogP contribution in [0.2, 0.25) is 10.0 Å². The van der Waals surface area contributed by atoms with Crippen molar-refractivity contribution in [3.05, 3.63) is 61.6 Å². The van der Waals surface area contributed by atoms with E-state index in [0.29, 0.717) is 27.7 Å². The van der Waals surface area contributed by atoms with Gasteiger partial charge in [0.15, 0.2) is 0 Å². The second-order valence-corrected chi connectivity index (χ2v) is 12.0. The second-order valence-electron chi connectivity index (χ2n) is 8.06. The van der Waals surface area contributed by atoms with Crippen molar-refractivity contribution in [3.63, 3.8) is 0 Å². The van der Waals surface area contributed by atoms with Gasteiger partial charge in [-0.3, -0.25) is 13.9 Å². The highest BCUT2D eigenvalue weighted by molar-refractivity contribution is 14.1. The molecule has 0 saturated carbocycles. The average molecular weight is 640 g/mol. The first-order chi connectivity index (χ1) is 15.8. The van der Waals surface area contributed by atoms with Crippen molar-refractivity contribution >= 4 is 73.3 Å². The van der Waals surface area contributed by atoms with E-state index >= 15 is 0 Å². The van der Waals surface area contributed by atoms with Crippen molar-refractivity contribution in [1.29, 1.82) is 0 Å². The van der Waals surface area contributed by atoms with E-state index in [-0.39, 0.29) is 18.5 Å². The molecule has 0 fully saturated rings. The van der Waals surface area contributed by atoms with E-state index in [2.05, 4.69) is 27.9 Å². The quantitative estimate of drug-likeness (QED) is 0.382. The number of anilines is 1. The third-order valence-corrected chi connectivity index (χ3v) is 7.57. The van der Waals surface area contributed by atoms with E-state index in [1.54, 1.807) is 49.4 Å². The lowest BCUT2D eigenvalue weighted by Crippen LogP contribution is -2.53. The number of rotatable bonds is 10. The van der Waals surface area contributed by atoms with Crippen LogP contribution in [-0.4, -0.2) is 50.0 Å². The lowest BCUT2D eigenvalue weighted by Gasteiger charge is -2.33. The Labute approximate surface area is 225 Å². The zero-order valence-electron chi connectivity index (χ0n) is 19.4. The topological polar surface area (TPSA) is 86.8 Å². The zero-order chi connectivity index (χ0) is 25.6. The van der Waals surface area contributed by atoms with Crippen molar-refractivity contribution in [2.45, 2.75) is 45.8 Å². The molecule has 0 bridgehead atoms.